The standard InChI is InChI=1S/C16H29N3O2S/c1-16(2,3)7-14(20)19-10-22-9-13(19)15(21)18-12-6-4-5-11(12)8-17/h11-13H,4-10,17H2,1-3H3,(H,18,21). The molecule has 0 aromatic heterocycles. The molecule has 5 nitrogen and oxygen atoms in total. The topological polar surface area (TPSA) is 75.4 Å². The van der Waals surface area contributed by atoms with E-state index in [9.17, 15) is 9.59 Å². The Morgan fingerprint density at radius 3 is 2.68 bits per heavy atom. The van der Waals surface area contributed by atoms with Gasteiger partial charge in [0.25, 0.3) is 0 Å². The minimum Gasteiger partial charge on any atom is -0.351 e. The number of rotatable bonds is 4. The maximum atomic E-state index is 12.6. The summed E-state index contributed by atoms with van der Waals surface area (Å²) in [5.41, 5.74) is 5.72. The van der Waals surface area contributed by atoms with Gasteiger partial charge in [0.2, 0.25) is 11.8 Å². The van der Waals surface area contributed by atoms with Crippen LogP contribution in [-0.2, 0) is 9.59 Å². The van der Waals surface area contributed by atoms with Crippen molar-refractivity contribution in [2.45, 2.75) is 58.5 Å². The van der Waals surface area contributed by atoms with Crippen molar-refractivity contribution in [1.29, 1.82) is 0 Å². The molecule has 2 rings (SSSR count). The Hall–Kier alpha value is -0.750. The summed E-state index contributed by atoms with van der Waals surface area (Å²) >= 11 is 1.66. The van der Waals surface area contributed by atoms with Crippen LogP contribution in [0.2, 0.25) is 0 Å². The van der Waals surface area contributed by atoms with E-state index in [-0.39, 0.29) is 29.3 Å². The van der Waals surface area contributed by atoms with E-state index in [1.54, 1.807) is 16.7 Å². The first-order valence-corrected chi connectivity index (χ1v) is 9.35. The van der Waals surface area contributed by atoms with E-state index in [4.69, 9.17) is 5.73 Å². The normalized spacial score (nSPS) is 28.9. The third-order valence-electron chi connectivity index (χ3n) is 4.48. The van der Waals surface area contributed by atoms with Crippen LogP contribution in [0.25, 0.3) is 0 Å². The third kappa shape index (κ3) is 4.38. The van der Waals surface area contributed by atoms with Gasteiger partial charge in [-0.2, -0.15) is 0 Å². The van der Waals surface area contributed by atoms with E-state index in [0.29, 0.717) is 30.5 Å². The smallest absolute Gasteiger partial charge is 0.243 e. The van der Waals surface area contributed by atoms with Gasteiger partial charge >= 0.3 is 0 Å². The maximum absolute atomic E-state index is 12.6. The molecule has 6 heteroatoms. The van der Waals surface area contributed by atoms with Crippen molar-refractivity contribution in [3.63, 3.8) is 0 Å². The SMILES string of the molecule is CC(C)(C)CC(=O)N1CSCC1C(=O)NC1CCCC1CN. The number of carbonyl (C=O) groups is 2. The molecule has 126 valence electrons. The predicted molar refractivity (Wildman–Crippen MR) is 90.4 cm³/mol. The molecule has 22 heavy (non-hydrogen) atoms. The molecule has 3 atom stereocenters. The molecule has 0 bridgehead atoms. The summed E-state index contributed by atoms with van der Waals surface area (Å²) in [5.74, 6) is 1.79. The molecule has 0 aromatic rings. The highest BCUT2D eigenvalue weighted by Crippen LogP contribution is 2.28. The van der Waals surface area contributed by atoms with Crippen LogP contribution in [0.15, 0.2) is 0 Å². The molecule has 1 aliphatic heterocycles. The first kappa shape index (κ1) is 17.6. The van der Waals surface area contributed by atoms with E-state index < -0.39 is 0 Å². The van der Waals surface area contributed by atoms with Gasteiger partial charge in [0.15, 0.2) is 0 Å². The van der Waals surface area contributed by atoms with E-state index in [1.807, 2.05) is 20.8 Å². The average Bonchev–Trinajstić information content (AvgIpc) is 3.04. The van der Waals surface area contributed by atoms with Gasteiger partial charge in [-0.15, -0.1) is 11.8 Å². The van der Waals surface area contributed by atoms with E-state index in [1.165, 1.54) is 0 Å². The lowest BCUT2D eigenvalue weighted by Crippen LogP contribution is -2.51. The van der Waals surface area contributed by atoms with Gasteiger partial charge < -0.3 is 16.0 Å². The molecule has 3 N–H and O–H groups in total. The van der Waals surface area contributed by atoms with Crippen LogP contribution in [0.1, 0.15) is 46.5 Å². The maximum Gasteiger partial charge on any atom is 0.243 e. The van der Waals surface area contributed by atoms with Crippen molar-refractivity contribution in [2.75, 3.05) is 18.2 Å². The molecular weight excluding hydrogens is 298 g/mol. The second-order valence-corrected chi connectivity index (χ2v) is 8.66. The average molecular weight is 327 g/mol. The van der Waals surface area contributed by atoms with Gasteiger partial charge in [0.1, 0.15) is 6.04 Å². The van der Waals surface area contributed by atoms with Crippen LogP contribution in [0.4, 0.5) is 0 Å². The Kier molecular flexibility index (Phi) is 5.77. The number of nitrogens with zero attached hydrogens (tertiary/aromatic N) is 1. The van der Waals surface area contributed by atoms with Gasteiger partial charge in [-0.1, -0.05) is 27.2 Å². The van der Waals surface area contributed by atoms with Crippen LogP contribution < -0.4 is 11.1 Å². The van der Waals surface area contributed by atoms with Crippen molar-refractivity contribution in [2.24, 2.45) is 17.1 Å². The van der Waals surface area contributed by atoms with Crippen molar-refractivity contribution < 1.29 is 9.59 Å². The molecule has 1 saturated heterocycles. The van der Waals surface area contributed by atoms with Crippen LogP contribution in [0, 0.1) is 11.3 Å². The fraction of sp³-hybridized carbons (Fsp3) is 0.875. The summed E-state index contributed by atoms with van der Waals surface area (Å²) in [6.07, 6.45) is 3.70. The van der Waals surface area contributed by atoms with Crippen molar-refractivity contribution >= 4 is 23.6 Å². The molecule has 0 spiro atoms. The minimum atomic E-state index is -0.320. The molecule has 2 amide bonds. The van der Waals surface area contributed by atoms with Crippen LogP contribution >= 0.6 is 11.8 Å². The summed E-state index contributed by atoms with van der Waals surface area (Å²) in [7, 11) is 0. The first-order chi connectivity index (χ1) is 10.3. The monoisotopic (exact) mass is 327 g/mol. The second kappa shape index (κ2) is 7.21. The number of hydrogen-bond acceptors (Lipinski definition) is 4. The van der Waals surface area contributed by atoms with E-state index in [0.717, 1.165) is 19.3 Å². The van der Waals surface area contributed by atoms with Crippen LogP contribution in [-0.4, -0.2) is 47.0 Å². The molecule has 1 heterocycles. The number of thioether (sulfide) groups is 1. The predicted octanol–water partition coefficient (Wildman–Crippen LogP) is 1.57. The van der Waals surface area contributed by atoms with Gasteiger partial charge in [-0.3, -0.25) is 9.59 Å². The van der Waals surface area contributed by atoms with Crippen LogP contribution in [0.5, 0.6) is 0 Å². The number of hydrogen-bond donors (Lipinski definition) is 2. The van der Waals surface area contributed by atoms with Gasteiger partial charge in [-0.05, 0) is 30.7 Å². The second-order valence-electron chi connectivity index (χ2n) is 7.66. The molecular formula is C16H29N3O2S. The van der Waals surface area contributed by atoms with Gasteiger partial charge in [-0.25, -0.2) is 0 Å². The van der Waals surface area contributed by atoms with Crippen molar-refractivity contribution in [1.82, 2.24) is 10.2 Å². The number of nitrogens with one attached hydrogen (secondary N) is 1. The Labute approximate surface area is 137 Å². The number of carbonyl (C=O) groups excluding carboxylic acids is 2. The fourth-order valence-electron chi connectivity index (χ4n) is 3.25. The lowest BCUT2D eigenvalue weighted by Gasteiger charge is -2.28. The first-order valence-electron chi connectivity index (χ1n) is 8.19. The quantitative estimate of drug-likeness (QED) is 0.822. The zero-order valence-corrected chi connectivity index (χ0v) is 14.7. The Morgan fingerprint density at radius 2 is 2.05 bits per heavy atom. The molecule has 0 aromatic carbocycles. The lowest BCUT2D eigenvalue weighted by atomic mass is 9.91. The number of amides is 2. The minimum absolute atomic E-state index is 0.00221. The zero-order valence-electron chi connectivity index (χ0n) is 13.9. The number of nitrogens with two attached hydrogens (primary N) is 1. The zero-order chi connectivity index (χ0) is 16.3. The largest absolute Gasteiger partial charge is 0.351 e. The van der Waals surface area contributed by atoms with E-state index in [2.05, 4.69) is 5.32 Å². The summed E-state index contributed by atoms with van der Waals surface area (Å²) < 4.78 is 0. The molecule has 1 saturated carbocycles. The summed E-state index contributed by atoms with van der Waals surface area (Å²) in [4.78, 5) is 26.8. The van der Waals surface area contributed by atoms with E-state index >= 15 is 0 Å². The third-order valence-corrected chi connectivity index (χ3v) is 5.49. The van der Waals surface area contributed by atoms with Crippen molar-refractivity contribution in [3.8, 4) is 0 Å². The molecule has 2 aliphatic rings. The summed E-state index contributed by atoms with van der Waals surface area (Å²) in [5, 5.41) is 3.14. The Bertz CT molecular complexity index is 422. The highest BCUT2D eigenvalue weighted by Gasteiger charge is 2.37. The lowest BCUT2D eigenvalue weighted by molar-refractivity contribution is -0.139. The van der Waals surface area contributed by atoms with Gasteiger partial charge in [0.05, 0.1) is 5.88 Å². The van der Waals surface area contributed by atoms with Crippen LogP contribution in [0.3, 0.4) is 0 Å². The molecule has 1 aliphatic carbocycles. The van der Waals surface area contributed by atoms with Gasteiger partial charge in [0, 0.05) is 18.2 Å². The molecule has 2 fully saturated rings. The highest BCUT2D eigenvalue weighted by molar-refractivity contribution is 7.99. The summed E-state index contributed by atoms with van der Waals surface area (Å²) in [6.45, 7) is 6.77. The molecule has 3 unspecified atom stereocenters. The van der Waals surface area contributed by atoms with Crippen molar-refractivity contribution in [3.05, 3.63) is 0 Å². The Morgan fingerprint density at radius 1 is 1.32 bits per heavy atom. The molecule has 0 radical (unpaired) electrons. The highest BCUT2D eigenvalue weighted by atomic mass is 32.2. The Balaban J connectivity index is 1.95. The fourth-order valence-corrected chi connectivity index (χ4v) is 4.43. The summed E-state index contributed by atoms with van der Waals surface area (Å²) in [6, 6.07) is -0.137.